The Labute approximate surface area is 179 Å². The number of halogens is 1. The summed E-state index contributed by atoms with van der Waals surface area (Å²) in [5.41, 5.74) is 1.58. The lowest BCUT2D eigenvalue weighted by molar-refractivity contribution is -0.119. The smallest absolute Gasteiger partial charge is 0.230 e. The van der Waals surface area contributed by atoms with E-state index in [-0.39, 0.29) is 23.5 Å². The Morgan fingerprint density at radius 3 is 2.50 bits per heavy atom. The van der Waals surface area contributed by atoms with E-state index in [1.165, 1.54) is 23.9 Å². The number of nitrogens with one attached hydrogen (secondary N) is 1. The molecule has 0 unspecified atom stereocenters. The molecule has 1 N–H and O–H groups in total. The average Bonchev–Trinajstić information content (AvgIpc) is 3.19. The normalized spacial score (nSPS) is 18.9. The van der Waals surface area contributed by atoms with Gasteiger partial charge in [0.05, 0.1) is 5.75 Å². The number of aromatic nitrogens is 4. The molecule has 6 nitrogen and oxygen atoms in total. The van der Waals surface area contributed by atoms with Crippen molar-refractivity contribution in [2.75, 3.05) is 5.75 Å². The first kappa shape index (κ1) is 20.5. The lowest BCUT2D eigenvalue weighted by Crippen LogP contribution is -2.38. The highest BCUT2D eigenvalue weighted by molar-refractivity contribution is 7.99. The maximum Gasteiger partial charge on any atom is 0.230 e. The van der Waals surface area contributed by atoms with E-state index in [1.807, 2.05) is 16.7 Å². The number of amides is 1. The lowest BCUT2D eigenvalue weighted by Gasteiger charge is -2.26. The first-order valence-corrected chi connectivity index (χ1v) is 11.1. The summed E-state index contributed by atoms with van der Waals surface area (Å²) in [6, 6.07) is 10.1. The van der Waals surface area contributed by atoms with Crippen LogP contribution in [0.25, 0.3) is 17.1 Å². The van der Waals surface area contributed by atoms with Gasteiger partial charge in [0.1, 0.15) is 5.82 Å². The van der Waals surface area contributed by atoms with E-state index in [4.69, 9.17) is 0 Å². The van der Waals surface area contributed by atoms with Gasteiger partial charge in [0.15, 0.2) is 11.0 Å². The number of nitrogens with zero attached hydrogens (tertiary/aromatic N) is 4. The van der Waals surface area contributed by atoms with Gasteiger partial charge in [-0.25, -0.2) is 4.39 Å². The average molecular weight is 426 g/mol. The van der Waals surface area contributed by atoms with Gasteiger partial charge in [0, 0.05) is 29.7 Å². The summed E-state index contributed by atoms with van der Waals surface area (Å²) in [4.78, 5) is 16.5. The monoisotopic (exact) mass is 425 g/mol. The number of rotatable bonds is 6. The molecule has 8 heteroatoms. The summed E-state index contributed by atoms with van der Waals surface area (Å²) in [7, 11) is 0. The number of hydrogen-bond acceptors (Lipinski definition) is 5. The molecule has 2 aromatic heterocycles. The molecule has 0 saturated heterocycles. The Morgan fingerprint density at radius 2 is 1.80 bits per heavy atom. The Kier molecular flexibility index (Phi) is 6.42. The molecule has 1 amide bonds. The molecule has 0 radical (unpaired) electrons. The van der Waals surface area contributed by atoms with Gasteiger partial charge in [0.25, 0.3) is 0 Å². The van der Waals surface area contributed by atoms with Gasteiger partial charge >= 0.3 is 0 Å². The number of carbonyl (C=O) groups excluding carboxylic acids is 1. The van der Waals surface area contributed by atoms with Crippen molar-refractivity contribution in [3.05, 3.63) is 54.6 Å². The molecule has 1 saturated carbocycles. The molecule has 1 aromatic carbocycles. The van der Waals surface area contributed by atoms with Gasteiger partial charge in [-0.3, -0.25) is 14.3 Å². The first-order chi connectivity index (χ1) is 14.6. The molecule has 1 aliphatic carbocycles. The Bertz CT molecular complexity index is 985. The third-order valence-electron chi connectivity index (χ3n) is 5.37. The Balaban J connectivity index is 1.52. The summed E-state index contributed by atoms with van der Waals surface area (Å²) in [5, 5.41) is 12.4. The third-order valence-corrected chi connectivity index (χ3v) is 6.30. The molecular formula is C22H24FN5OS. The minimum Gasteiger partial charge on any atom is -0.353 e. The SMILES string of the molecule is CC1CCC(NC(=O)CSc2nnc(-c3ccncc3)n2-c2ccc(F)cc2)CC1. The van der Waals surface area contributed by atoms with Crippen LogP contribution in [0.3, 0.4) is 0 Å². The lowest BCUT2D eigenvalue weighted by atomic mass is 9.87. The summed E-state index contributed by atoms with van der Waals surface area (Å²) >= 11 is 1.33. The first-order valence-electron chi connectivity index (χ1n) is 10.1. The van der Waals surface area contributed by atoms with Crippen LogP contribution in [0.5, 0.6) is 0 Å². The fraction of sp³-hybridized carbons (Fsp3) is 0.364. The van der Waals surface area contributed by atoms with Gasteiger partial charge in [-0.15, -0.1) is 10.2 Å². The highest BCUT2D eigenvalue weighted by Gasteiger charge is 2.21. The van der Waals surface area contributed by atoms with Crippen LogP contribution < -0.4 is 5.32 Å². The quantitative estimate of drug-likeness (QED) is 0.598. The number of pyridine rings is 1. The fourth-order valence-electron chi connectivity index (χ4n) is 3.68. The highest BCUT2D eigenvalue weighted by atomic mass is 32.2. The molecular weight excluding hydrogens is 401 g/mol. The number of thioether (sulfide) groups is 1. The molecule has 0 aliphatic heterocycles. The molecule has 2 heterocycles. The molecule has 4 rings (SSSR count). The van der Waals surface area contributed by atoms with E-state index in [9.17, 15) is 9.18 Å². The van der Waals surface area contributed by atoms with E-state index in [1.54, 1.807) is 24.5 Å². The van der Waals surface area contributed by atoms with Crippen molar-refractivity contribution < 1.29 is 9.18 Å². The van der Waals surface area contributed by atoms with E-state index in [2.05, 4.69) is 27.4 Å². The Morgan fingerprint density at radius 1 is 1.10 bits per heavy atom. The standard InChI is InChI=1S/C22H24FN5OS/c1-15-2-6-18(7-3-15)25-20(29)14-30-22-27-26-21(16-10-12-24-13-11-16)28(22)19-8-4-17(23)5-9-19/h4-5,8-13,15,18H,2-3,6-7,14H2,1H3,(H,25,29). The molecule has 30 heavy (non-hydrogen) atoms. The van der Waals surface area contributed by atoms with Crippen molar-refractivity contribution in [3.8, 4) is 17.1 Å². The van der Waals surface area contributed by atoms with Gasteiger partial charge in [-0.2, -0.15) is 0 Å². The van der Waals surface area contributed by atoms with Crippen molar-refractivity contribution in [2.45, 2.75) is 43.8 Å². The predicted octanol–water partition coefficient (Wildman–Crippen LogP) is 4.26. The summed E-state index contributed by atoms with van der Waals surface area (Å²) in [6.07, 6.45) is 7.76. The summed E-state index contributed by atoms with van der Waals surface area (Å²) < 4.78 is 15.3. The highest BCUT2D eigenvalue weighted by Crippen LogP contribution is 2.28. The zero-order valence-corrected chi connectivity index (χ0v) is 17.6. The van der Waals surface area contributed by atoms with Crippen molar-refractivity contribution in [1.29, 1.82) is 0 Å². The fourth-order valence-corrected chi connectivity index (χ4v) is 4.44. The molecule has 156 valence electrons. The zero-order chi connectivity index (χ0) is 20.9. The van der Waals surface area contributed by atoms with Crippen LogP contribution in [-0.4, -0.2) is 37.5 Å². The van der Waals surface area contributed by atoms with Gasteiger partial charge in [-0.05, 0) is 68.0 Å². The van der Waals surface area contributed by atoms with Crippen LogP contribution in [0.2, 0.25) is 0 Å². The van der Waals surface area contributed by atoms with Crippen LogP contribution in [-0.2, 0) is 4.79 Å². The van der Waals surface area contributed by atoms with E-state index in [0.29, 0.717) is 11.0 Å². The summed E-state index contributed by atoms with van der Waals surface area (Å²) in [5.74, 6) is 1.30. The maximum atomic E-state index is 13.4. The van der Waals surface area contributed by atoms with Gasteiger partial charge < -0.3 is 5.32 Å². The minimum absolute atomic E-state index is 0.00123. The van der Waals surface area contributed by atoms with Crippen LogP contribution in [0, 0.1) is 11.7 Å². The number of hydrogen-bond donors (Lipinski definition) is 1. The van der Waals surface area contributed by atoms with Crippen molar-refractivity contribution in [1.82, 2.24) is 25.1 Å². The second-order valence-corrected chi connectivity index (χ2v) is 8.61. The van der Waals surface area contributed by atoms with E-state index < -0.39 is 0 Å². The van der Waals surface area contributed by atoms with Gasteiger partial charge in [0.2, 0.25) is 5.91 Å². The molecule has 0 bridgehead atoms. The maximum absolute atomic E-state index is 13.4. The predicted molar refractivity (Wildman–Crippen MR) is 115 cm³/mol. The van der Waals surface area contributed by atoms with Crippen molar-refractivity contribution in [3.63, 3.8) is 0 Å². The molecule has 3 aromatic rings. The zero-order valence-electron chi connectivity index (χ0n) is 16.8. The second kappa shape index (κ2) is 9.38. The van der Waals surface area contributed by atoms with Crippen LogP contribution in [0.15, 0.2) is 53.9 Å². The van der Waals surface area contributed by atoms with Gasteiger partial charge in [-0.1, -0.05) is 18.7 Å². The van der Waals surface area contributed by atoms with Crippen molar-refractivity contribution in [2.24, 2.45) is 5.92 Å². The second-order valence-electron chi connectivity index (χ2n) is 7.67. The number of carbonyl (C=O) groups is 1. The molecule has 1 aliphatic rings. The Hall–Kier alpha value is -2.74. The van der Waals surface area contributed by atoms with Crippen LogP contribution in [0.4, 0.5) is 4.39 Å². The molecule has 1 fully saturated rings. The minimum atomic E-state index is -0.312. The topological polar surface area (TPSA) is 72.7 Å². The number of benzene rings is 1. The summed E-state index contributed by atoms with van der Waals surface area (Å²) in [6.45, 7) is 2.26. The molecule has 0 spiro atoms. The largest absolute Gasteiger partial charge is 0.353 e. The molecule has 0 atom stereocenters. The third kappa shape index (κ3) is 4.87. The van der Waals surface area contributed by atoms with Crippen molar-refractivity contribution >= 4 is 17.7 Å². The van der Waals surface area contributed by atoms with Crippen LogP contribution >= 0.6 is 11.8 Å². The van der Waals surface area contributed by atoms with E-state index >= 15 is 0 Å². The van der Waals surface area contributed by atoms with E-state index in [0.717, 1.165) is 42.9 Å². The van der Waals surface area contributed by atoms with Crippen LogP contribution in [0.1, 0.15) is 32.6 Å².